The average Bonchev–Trinajstić information content (AvgIpc) is 3.44. The molecule has 0 radical (unpaired) electrons. The molecule has 0 fully saturated rings. The molecule has 1 heteroatoms. The molecule has 0 bridgehead atoms. The van der Waals surface area contributed by atoms with Crippen molar-refractivity contribution in [2.45, 2.75) is 32.1 Å². The van der Waals surface area contributed by atoms with E-state index in [1.165, 1.54) is 43.8 Å². The lowest BCUT2D eigenvalue weighted by atomic mass is 9.85. The van der Waals surface area contributed by atoms with Gasteiger partial charge >= 0.3 is 0 Å². The normalized spacial score (nSPS) is 15.5. The lowest BCUT2D eigenvalue weighted by Gasteiger charge is -2.18. The third-order valence-corrected chi connectivity index (χ3v) is 6.71. The molecule has 0 saturated carbocycles. The zero-order chi connectivity index (χ0) is 21.9. The molecule has 156 valence electrons. The van der Waals surface area contributed by atoms with Gasteiger partial charge in [0.25, 0.3) is 0 Å². The van der Waals surface area contributed by atoms with E-state index in [0.717, 1.165) is 11.3 Å². The molecule has 1 atom stereocenters. The molecule has 6 rings (SSSR count). The van der Waals surface area contributed by atoms with Gasteiger partial charge in [-0.15, -0.1) is 0 Å². The number of fused-ring (bicyclic) bond motifs is 3. The predicted octanol–water partition coefficient (Wildman–Crippen LogP) is 8.71. The SMILES string of the molecule is CC(C)(C)c1ccoc1-c1ccc2cc3ccc(C4C=Cc5ccccc54)cc3cc2c1. The lowest BCUT2D eigenvalue weighted by molar-refractivity contribution is 0.550. The van der Waals surface area contributed by atoms with Crippen LogP contribution in [0.25, 0.3) is 38.9 Å². The Morgan fingerprint density at radius 3 is 2.31 bits per heavy atom. The number of rotatable bonds is 2. The van der Waals surface area contributed by atoms with Crippen LogP contribution in [0.5, 0.6) is 0 Å². The van der Waals surface area contributed by atoms with Gasteiger partial charge in [0.05, 0.1) is 6.26 Å². The van der Waals surface area contributed by atoms with Crippen LogP contribution >= 0.6 is 0 Å². The van der Waals surface area contributed by atoms with Gasteiger partial charge in [0.15, 0.2) is 0 Å². The van der Waals surface area contributed by atoms with Crippen molar-refractivity contribution in [2.75, 3.05) is 0 Å². The monoisotopic (exact) mass is 414 g/mol. The largest absolute Gasteiger partial charge is 0.464 e. The molecule has 5 aromatic rings. The highest BCUT2D eigenvalue weighted by atomic mass is 16.3. The van der Waals surface area contributed by atoms with Gasteiger partial charge in [0.1, 0.15) is 5.76 Å². The molecular weight excluding hydrogens is 388 g/mol. The first-order valence-electron chi connectivity index (χ1n) is 11.3. The van der Waals surface area contributed by atoms with Crippen LogP contribution in [-0.2, 0) is 5.41 Å². The second-order valence-electron chi connectivity index (χ2n) is 9.90. The van der Waals surface area contributed by atoms with Crippen LogP contribution < -0.4 is 0 Å². The van der Waals surface area contributed by atoms with Crippen molar-refractivity contribution in [1.82, 2.24) is 0 Å². The van der Waals surface area contributed by atoms with E-state index in [4.69, 9.17) is 4.42 Å². The summed E-state index contributed by atoms with van der Waals surface area (Å²) < 4.78 is 5.93. The van der Waals surface area contributed by atoms with Gasteiger partial charge in [-0.05, 0) is 67.9 Å². The summed E-state index contributed by atoms with van der Waals surface area (Å²) in [7, 11) is 0. The molecule has 1 aliphatic rings. The molecule has 4 aromatic carbocycles. The van der Waals surface area contributed by atoms with Gasteiger partial charge < -0.3 is 4.42 Å². The Hall–Kier alpha value is -3.58. The summed E-state index contributed by atoms with van der Waals surface area (Å²) in [6, 6.07) is 28.9. The smallest absolute Gasteiger partial charge is 0.137 e. The number of allylic oxidation sites excluding steroid dienone is 1. The maximum Gasteiger partial charge on any atom is 0.137 e. The summed E-state index contributed by atoms with van der Waals surface area (Å²) in [5.41, 5.74) is 6.48. The third-order valence-electron chi connectivity index (χ3n) is 6.71. The minimum Gasteiger partial charge on any atom is -0.464 e. The molecular formula is C31H26O. The van der Waals surface area contributed by atoms with Gasteiger partial charge in [-0.2, -0.15) is 0 Å². The number of furan rings is 1. The fraction of sp³-hybridized carbons (Fsp3) is 0.161. The summed E-state index contributed by atoms with van der Waals surface area (Å²) in [5, 5.41) is 5.05. The average molecular weight is 415 g/mol. The van der Waals surface area contributed by atoms with E-state index in [9.17, 15) is 0 Å². The van der Waals surface area contributed by atoms with Crippen LogP contribution in [0.2, 0.25) is 0 Å². The maximum atomic E-state index is 5.93. The van der Waals surface area contributed by atoms with E-state index in [-0.39, 0.29) is 5.41 Å². The van der Waals surface area contributed by atoms with Gasteiger partial charge in [0, 0.05) is 17.0 Å². The fourth-order valence-corrected chi connectivity index (χ4v) is 5.01. The van der Waals surface area contributed by atoms with Gasteiger partial charge in [-0.3, -0.25) is 0 Å². The summed E-state index contributed by atoms with van der Waals surface area (Å²) in [6.07, 6.45) is 6.36. The van der Waals surface area contributed by atoms with E-state index in [1.54, 1.807) is 6.26 Å². The summed E-state index contributed by atoms with van der Waals surface area (Å²) in [6.45, 7) is 6.69. The predicted molar refractivity (Wildman–Crippen MR) is 135 cm³/mol. The van der Waals surface area contributed by atoms with Crippen LogP contribution in [0.15, 0.2) is 95.6 Å². The van der Waals surface area contributed by atoms with E-state index in [2.05, 4.69) is 112 Å². The molecule has 1 nitrogen and oxygen atoms in total. The minimum atomic E-state index is 0.0423. The molecule has 0 N–H and O–H groups in total. The fourth-order valence-electron chi connectivity index (χ4n) is 5.01. The van der Waals surface area contributed by atoms with Crippen molar-refractivity contribution in [1.29, 1.82) is 0 Å². The zero-order valence-electron chi connectivity index (χ0n) is 18.7. The topological polar surface area (TPSA) is 13.1 Å². The van der Waals surface area contributed by atoms with Gasteiger partial charge in [-0.25, -0.2) is 0 Å². The van der Waals surface area contributed by atoms with Crippen LogP contribution in [0.4, 0.5) is 0 Å². The quantitative estimate of drug-likeness (QED) is 0.263. The highest BCUT2D eigenvalue weighted by Crippen LogP contribution is 2.38. The molecule has 1 aliphatic carbocycles. The lowest BCUT2D eigenvalue weighted by Crippen LogP contribution is -2.10. The highest BCUT2D eigenvalue weighted by molar-refractivity contribution is 6.00. The van der Waals surface area contributed by atoms with Crippen molar-refractivity contribution < 1.29 is 4.42 Å². The van der Waals surface area contributed by atoms with Crippen molar-refractivity contribution >= 4 is 27.6 Å². The first-order chi connectivity index (χ1) is 15.5. The molecule has 1 heterocycles. The minimum absolute atomic E-state index is 0.0423. The second-order valence-corrected chi connectivity index (χ2v) is 9.90. The Kier molecular flexibility index (Phi) is 4.16. The Morgan fingerprint density at radius 1 is 0.719 bits per heavy atom. The summed E-state index contributed by atoms with van der Waals surface area (Å²) >= 11 is 0. The highest BCUT2D eigenvalue weighted by Gasteiger charge is 2.22. The zero-order valence-corrected chi connectivity index (χ0v) is 18.7. The number of benzene rings is 4. The molecule has 0 amide bonds. The first kappa shape index (κ1) is 19.1. The van der Waals surface area contributed by atoms with Crippen molar-refractivity contribution in [3.05, 3.63) is 113 Å². The van der Waals surface area contributed by atoms with Crippen molar-refractivity contribution in [3.63, 3.8) is 0 Å². The number of hydrogen-bond acceptors (Lipinski definition) is 1. The van der Waals surface area contributed by atoms with E-state index < -0.39 is 0 Å². The Balaban J connectivity index is 1.46. The van der Waals surface area contributed by atoms with Gasteiger partial charge in [0.2, 0.25) is 0 Å². The molecule has 0 saturated heterocycles. The molecule has 1 aromatic heterocycles. The third kappa shape index (κ3) is 3.08. The summed E-state index contributed by atoms with van der Waals surface area (Å²) in [5.74, 6) is 1.30. The Labute approximate surface area is 189 Å². The molecule has 32 heavy (non-hydrogen) atoms. The standard InChI is InChI=1S/C31H26O/c1-31(2,3)29-14-15-32-30(29)24-11-9-22-16-21-8-10-23(17-25(21)19-26(22)18-24)28-13-12-20-6-4-5-7-27(20)28/h4-19,28H,1-3H3. The van der Waals surface area contributed by atoms with Crippen LogP contribution in [0.1, 0.15) is 48.9 Å². The molecule has 0 spiro atoms. The first-order valence-corrected chi connectivity index (χ1v) is 11.3. The Morgan fingerprint density at radius 2 is 1.47 bits per heavy atom. The maximum absolute atomic E-state index is 5.93. The van der Waals surface area contributed by atoms with Crippen LogP contribution in [0.3, 0.4) is 0 Å². The van der Waals surface area contributed by atoms with Crippen molar-refractivity contribution in [2.24, 2.45) is 0 Å². The number of hydrogen-bond donors (Lipinski definition) is 0. The van der Waals surface area contributed by atoms with E-state index in [0.29, 0.717) is 5.92 Å². The summed E-state index contributed by atoms with van der Waals surface area (Å²) in [4.78, 5) is 0. The van der Waals surface area contributed by atoms with Crippen molar-refractivity contribution in [3.8, 4) is 11.3 Å². The second kappa shape index (κ2) is 6.97. The molecule has 0 aliphatic heterocycles. The van der Waals surface area contributed by atoms with E-state index >= 15 is 0 Å². The van der Waals surface area contributed by atoms with E-state index in [1.807, 2.05) is 0 Å². The Bertz CT molecular complexity index is 1510. The van der Waals surface area contributed by atoms with Gasteiger partial charge in [-0.1, -0.05) is 87.5 Å². The van der Waals surface area contributed by atoms with Crippen LogP contribution in [0, 0.1) is 0 Å². The van der Waals surface area contributed by atoms with Crippen LogP contribution in [-0.4, -0.2) is 0 Å². The molecule has 1 unspecified atom stereocenters.